The average molecular weight is 592 g/mol. The van der Waals surface area contributed by atoms with Crippen LogP contribution in [-0.2, 0) is 9.53 Å². The van der Waals surface area contributed by atoms with Crippen LogP contribution in [0.25, 0.3) is 0 Å². The first-order valence-electron chi connectivity index (χ1n) is 12.9. The SMILES string of the molecule is CCOC(=O)C1=C(CN2CC(F)(F)[C@H]3[C@@H]2CCN3C(=O)NC(N)=O)NC(c2nccs2)=N[C@H]1c1cccc(F)c1C. The van der Waals surface area contributed by atoms with Gasteiger partial charge in [0.25, 0.3) is 5.92 Å². The van der Waals surface area contributed by atoms with E-state index in [-0.39, 0.29) is 43.0 Å². The first-order valence-corrected chi connectivity index (χ1v) is 13.8. The van der Waals surface area contributed by atoms with E-state index < -0.39 is 54.4 Å². The molecule has 1 aromatic heterocycles. The van der Waals surface area contributed by atoms with Gasteiger partial charge < -0.3 is 20.7 Å². The molecule has 3 aliphatic rings. The predicted octanol–water partition coefficient (Wildman–Crippen LogP) is 2.68. The summed E-state index contributed by atoms with van der Waals surface area (Å²) in [5.74, 6) is -4.23. The molecule has 4 amide bonds. The molecule has 4 heterocycles. The van der Waals surface area contributed by atoms with E-state index in [2.05, 4.69) is 10.3 Å². The standard InChI is InChI=1S/C26H28F3N7O4S/c1-3-40-23(37)18-16(11-35-12-26(28,29)20-17(35)7-9-36(20)25(39)34-24(30)38)32-21(22-31-8-10-41-22)33-19(18)14-5-4-6-15(27)13(14)2/h4-6,8,10,17,19-20H,3,7,9,11-12H2,1-2H3,(H,32,33)(H3,30,34,38,39)/t17-,19-,20+/m0/s1. The Balaban J connectivity index is 1.56. The van der Waals surface area contributed by atoms with Gasteiger partial charge in [-0.15, -0.1) is 11.3 Å². The number of amides is 4. The number of carbonyl (C=O) groups excluding carboxylic acids is 3. The maximum Gasteiger partial charge on any atom is 0.338 e. The number of benzene rings is 1. The van der Waals surface area contributed by atoms with E-state index in [4.69, 9.17) is 15.5 Å². The lowest BCUT2D eigenvalue weighted by atomic mass is 9.92. The second-order valence-electron chi connectivity index (χ2n) is 9.86. The lowest BCUT2D eigenvalue weighted by molar-refractivity contribution is -0.139. The van der Waals surface area contributed by atoms with Crippen LogP contribution in [0, 0.1) is 12.7 Å². The normalized spacial score (nSPS) is 23.6. The second-order valence-corrected chi connectivity index (χ2v) is 10.8. The van der Waals surface area contributed by atoms with Crippen molar-refractivity contribution in [2.45, 2.75) is 44.3 Å². The fraction of sp³-hybridized carbons (Fsp3) is 0.423. The molecule has 2 aromatic rings. The van der Waals surface area contributed by atoms with Gasteiger partial charge in [-0.2, -0.15) is 0 Å². The van der Waals surface area contributed by atoms with Gasteiger partial charge in [0, 0.05) is 36.4 Å². The molecule has 1 aromatic carbocycles. The molecule has 218 valence electrons. The summed E-state index contributed by atoms with van der Waals surface area (Å²) in [6, 6.07) is -0.957. The molecule has 0 aliphatic carbocycles. The lowest BCUT2D eigenvalue weighted by Gasteiger charge is -2.31. The maximum absolute atomic E-state index is 15.4. The number of imide groups is 1. The van der Waals surface area contributed by atoms with Crippen LogP contribution in [0.5, 0.6) is 0 Å². The predicted molar refractivity (Wildman–Crippen MR) is 143 cm³/mol. The molecule has 2 saturated heterocycles. The number of likely N-dealkylation sites (tertiary alicyclic amines) is 2. The number of nitrogens with one attached hydrogen (secondary N) is 2. The zero-order valence-corrected chi connectivity index (χ0v) is 23.0. The number of nitrogens with two attached hydrogens (primary N) is 1. The van der Waals surface area contributed by atoms with Gasteiger partial charge in [0.2, 0.25) is 0 Å². The molecule has 4 N–H and O–H groups in total. The highest BCUT2D eigenvalue weighted by molar-refractivity contribution is 7.11. The van der Waals surface area contributed by atoms with E-state index in [1.165, 1.54) is 28.4 Å². The molecule has 0 spiro atoms. The van der Waals surface area contributed by atoms with Crippen molar-refractivity contribution in [1.82, 2.24) is 25.4 Å². The first-order chi connectivity index (χ1) is 19.5. The average Bonchev–Trinajstić information content (AvgIpc) is 3.64. The molecule has 15 heteroatoms. The Bertz CT molecular complexity index is 1430. The molecule has 3 atom stereocenters. The van der Waals surface area contributed by atoms with Gasteiger partial charge in [0.1, 0.15) is 17.9 Å². The zero-order chi connectivity index (χ0) is 29.5. The number of halogens is 3. The van der Waals surface area contributed by atoms with E-state index in [1.807, 2.05) is 5.32 Å². The minimum atomic E-state index is -3.32. The monoisotopic (exact) mass is 591 g/mol. The van der Waals surface area contributed by atoms with Crippen molar-refractivity contribution in [1.29, 1.82) is 0 Å². The summed E-state index contributed by atoms with van der Waals surface area (Å²) in [4.78, 5) is 48.5. The Labute approximate surface area is 237 Å². The van der Waals surface area contributed by atoms with Gasteiger partial charge in [-0.25, -0.2) is 32.5 Å². The number of hydrogen-bond acceptors (Lipinski definition) is 9. The number of fused-ring (bicyclic) bond motifs is 1. The van der Waals surface area contributed by atoms with Gasteiger partial charge in [0.15, 0.2) is 10.8 Å². The molecule has 0 saturated carbocycles. The van der Waals surface area contributed by atoms with Crippen molar-refractivity contribution in [3.8, 4) is 0 Å². The molecule has 0 unspecified atom stereocenters. The van der Waals surface area contributed by atoms with Gasteiger partial charge in [0.05, 0.1) is 18.7 Å². The van der Waals surface area contributed by atoms with Crippen LogP contribution >= 0.6 is 11.3 Å². The summed E-state index contributed by atoms with van der Waals surface area (Å²) in [5.41, 5.74) is 6.05. The number of amidine groups is 1. The quantitative estimate of drug-likeness (QED) is 0.439. The Hall–Kier alpha value is -3.98. The summed E-state index contributed by atoms with van der Waals surface area (Å²) in [6.45, 7) is 2.38. The van der Waals surface area contributed by atoms with Gasteiger partial charge >= 0.3 is 18.0 Å². The molecule has 11 nitrogen and oxygen atoms in total. The molecular weight excluding hydrogens is 563 g/mol. The summed E-state index contributed by atoms with van der Waals surface area (Å²) in [5, 5.41) is 7.21. The van der Waals surface area contributed by atoms with E-state index >= 15 is 8.78 Å². The molecule has 41 heavy (non-hydrogen) atoms. The maximum atomic E-state index is 15.4. The smallest absolute Gasteiger partial charge is 0.338 e. The molecule has 2 fully saturated rings. The van der Waals surface area contributed by atoms with E-state index in [1.54, 1.807) is 31.5 Å². The van der Waals surface area contributed by atoms with E-state index in [9.17, 15) is 18.8 Å². The fourth-order valence-electron chi connectivity index (χ4n) is 5.69. The highest BCUT2D eigenvalue weighted by Gasteiger charge is 2.61. The van der Waals surface area contributed by atoms with Crippen LogP contribution in [0.1, 0.15) is 35.5 Å². The Morgan fingerprint density at radius 1 is 1.32 bits per heavy atom. The summed E-state index contributed by atoms with van der Waals surface area (Å²) >= 11 is 1.28. The Kier molecular flexibility index (Phi) is 7.74. The summed E-state index contributed by atoms with van der Waals surface area (Å²) in [6.07, 6.45) is 1.78. The van der Waals surface area contributed by atoms with Crippen molar-refractivity contribution in [3.05, 3.63) is 63.0 Å². The molecule has 5 rings (SSSR count). The van der Waals surface area contributed by atoms with Gasteiger partial charge in [-0.1, -0.05) is 12.1 Å². The van der Waals surface area contributed by atoms with Crippen LogP contribution in [0.15, 0.2) is 46.0 Å². The highest BCUT2D eigenvalue weighted by atomic mass is 32.1. The highest BCUT2D eigenvalue weighted by Crippen LogP contribution is 2.43. The Morgan fingerprint density at radius 2 is 2.10 bits per heavy atom. The first kappa shape index (κ1) is 28.5. The van der Waals surface area contributed by atoms with Crippen LogP contribution in [0.4, 0.5) is 22.8 Å². The topological polar surface area (TPSA) is 142 Å². The number of aliphatic imine (C=N–C) groups is 1. The fourth-order valence-corrected chi connectivity index (χ4v) is 6.28. The minimum Gasteiger partial charge on any atom is -0.463 e. The van der Waals surface area contributed by atoms with Crippen molar-refractivity contribution in [3.63, 3.8) is 0 Å². The lowest BCUT2D eigenvalue weighted by Crippen LogP contribution is -2.53. The Morgan fingerprint density at radius 3 is 2.78 bits per heavy atom. The van der Waals surface area contributed by atoms with Gasteiger partial charge in [-0.05, 0) is 37.5 Å². The van der Waals surface area contributed by atoms with E-state index in [0.29, 0.717) is 16.4 Å². The number of nitrogens with zero attached hydrogens (tertiary/aromatic N) is 4. The van der Waals surface area contributed by atoms with Crippen LogP contribution in [-0.4, -0.2) is 82.9 Å². The third-order valence-corrected chi connectivity index (χ3v) is 8.17. The third-order valence-electron chi connectivity index (χ3n) is 7.39. The number of esters is 1. The summed E-state index contributed by atoms with van der Waals surface area (Å²) < 4.78 is 50.8. The van der Waals surface area contributed by atoms with Gasteiger partial charge in [-0.3, -0.25) is 15.2 Å². The van der Waals surface area contributed by atoms with Crippen molar-refractivity contribution >= 4 is 35.2 Å². The molecule has 0 bridgehead atoms. The van der Waals surface area contributed by atoms with Crippen molar-refractivity contribution in [2.75, 3.05) is 26.2 Å². The largest absolute Gasteiger partial charge is 0.463 e. The number of carbonyl (C=O) groups is 3. The minimum absolute atomic E-state index is 0.0192. The van der Waals surface area contributed by atoms with Crippen molar-refractivity contribution in [2.24, 2.45) is 10.7 Å². The number of alkyl halides is 2. The zero-order valence-electron chi connectivity index (χ0n) is 22.2. The number of thiazole rings is 1. The molecular formula is C26H28F3N7O4S. The second kappa shape index (κ2) is 11.1. The third kappa shape index (κ3) is 5.38. The van der Waals surface area contributed by atoms with Crippen molar-refractivity contribution < 1.29 is 32.3 Å². The number of aromatic nitrogens is 1. The summed E-state index contributed by atoms with van der Waals surface area (Å²) in [7, 11) is 0. The number of rotatable bonds is 6. The van der Waals surface area contributed by atoms with Crippen LogP contribution in [0.3, 0.4) is 0 Å². The number of urea groups is 2. The van der Waals surface area contributed by atoms with Crippen LogP contribution in [0.2, 0.25) is 0 Å². The number of primary amides is 1. The van der Waals surface area contributed by atoms with Crippen LogP contribution < -0.4 is 16.4 Å². The number of hydrogen-bond donors (Lipinski definition) is 3. The molecule has 3 aliphatic heterocycles. The van der Waals surface area contributed by atoms with E-state index in [0.717, 1.165) is 4.90 Å². The molecule has 0 radical (unpaired) electrons. The number of ether oxygens (including phenoxy) is 1.